The third-order valence-corrected chi connectivity index (χ3v) is 2.77. The average Bonchev–Trinajstić information content (AvgIpc) is 2.43. The molecule has 0 aliphatic carbocycles. The molecule has 0 spiro atoms. The number of carbonyl (C=O) groups is 1. The molecule has 0 aromatic heterocycles. The number of rotatable bonds is 4. The van der Waals surface area contributed by atoms with Gasteiger partial charge >= 0.3 is 0 Å². The SMILES string of the molecule is COc1ccc(N(C=O)c2ccc(N)cc2)c(N)c1. The van der Waals surface area contributed by atoms with Crippen molar-refractivity contribution in [1.82, 2.24) is 0 Å². The van der Waals surface area contributed by atoms with Gasteiger partial charge in [0.2, 0.25) is 6.41 Å². The topological polar surface area (TPSA) is 81.6 Å². The third kappa shape index (κ3) is 2.60. The van der Waals surface area contributed by atoms with Crippen molar-refractivity contribution in [1.29, 1.82) is 0 Å². The maximum absolute atomic E-state index is 11.3. The summed E-state index contributed by atoms with van der Waals surface area (Å²) in [6.07, 6.45) is 0.712. The molecule has 0 fully saturated rings. The fourth-order valence-electron chi connectivity index (χ4n) is 1.77. The number of ether oxygens (including phenoxy) is 1. The lowest BCUT2D eigenvalue weighted by molar-refractivity contribution is -0.106. The highest BCUT2D eigenvalue weighted by molar-refractivity contribution is 5.91. The van der Waals surface area contributed by atoms with Gasteiger partial charge in [-0.3, -0.25) is 9.69 Å². The van der Waals surface area contributed by atoms with Crippen LogP contribution in [0.5, 0.6) is 5.75 Å². The summed E-state index contributed by atoms with van der Waals surface area (Å²) in [5, 5.41) is 0. The maximum atomic E-state index is 11.3. The molecule has 2 rings (SSSR count). The van der Waals surface area contributed by atoms with Gasteiger partial charge in [-0.2, -0.15) is 0 Å². The van der Waals surface area contributed by atoms with Crippen LogP contribution >= 0.6 is 0 Å². The van der Waals surface area contributed by atoms with Crippen molar-refractivity contribution >= 4 is 29.2 Å². The Labute approximate surface area is 111 Å². The Morgan fingerprint density at radius 1 is 1.11 bits per heavy atom. The largest absolute Gasteiger partial charge is 0.497 e. The van der Waals surface area contributed by atoms with Crippen molar-refractivity contribution in [3.8, 4) is 5.75 Å². The lowest BCUT2D eigenvalue weighted by atomic mass is 10.2. The van der Waals surface area contributed by atoms with Crippen LogP contribution in [0.4, 0.5) is 22.7 Å². The molecule has 98 valence electrons. The molecule has 0 atom stereocenters. The van der Waals surface area contributed by atoms with Crippen LogP contribution in [-0.4, -0.2) is 13.5 Å². The van der Waals surface area contributed by atoms with E-state index in [1.54, 1.807) is 49.6 Å². The number of methoxy groups -OCH3 is 1. The molecule has 2 aromatic carbocycles. The van der Waals surface area contributed by atoms with Crippen molar-refractivity contribution in [2.45, 2.75) is 0 Å². The van der Waals surface area contributed by atoms with Crippen LogP contribution in [0, 0.1) is 0 Å². The molecular formula is C14H15N3O2. The Morgan fingerprint density at radius 3 is 2.32 bits per heavy atom. The molecule has 0 aliphatic rings. The Bertz CT molecular complexity index is 582. The molecule has 19 heavy (non-hydrogen) atoms. The van der Waals surface area contributed by atoms with Gasteiger partial charge in [0, 0.05) is 17.4 Å². The van der Waals surface area contributed by atoms with E-state index in [0.29, 0.717) is 34.9 Å². The summed E-state index contributed by atoms with van der Waals surface area (Å²) in [6.45, 7) is 0. The monoisotopic (exact) mass is 257 g/mol. The molecule has 4 N–H and O–H groups in total. The first kappa shape index (κ1) is 12.8. The summed E-state index contributed by atoms with van der Waals surface area (Å²) in [6, 6.07) is 12.1. The van der Waals surface area contributed by atoms with Gasteiger partial charge in [0.15, 0.2) is 0 Å². The minimum Gasteiger partial charge on any atom is -0.497 e. The van der Waals surface area contributed by atoms with E-state index in [-0.39, 0.29) is 0 Å². The summed E-state index contributed by atoms with van der Waals surface area (Å²) < 4.78 is 5.08. The molecule has 0 saturated carbocycles. The van der Waals surface area contributed by atoms with Crippen molar-refractivity contribution < 1.29 is 9.53 Å². The number of nitrogens with two attached hydrogens (primary N) is 2. The van der Waals surface area contributed by atoms with Gasteiger partial charge in [-0.15, -0.1) is 0 Å². The number of carbonyl (C=O) groups excluding carboxylic acids is 1. The molecule has 0 heterocycles. The predicted molar refractivity (Wildman–Crippen MR) is 76.5 cm³/mol. The van der Waals surface area contributed by atoms with Gasteiger partial charge in [0.25, 0.3) is 0 Å². The van der Waals surface area contributed by atoms with Crippen LogP contribution in [0.25, 0.3) is 0 Å². The first-order chi connectivity index (χ1) is 9.15. The van der Waals surface area contributed by atoms with Gasteiger partial charge in [-0.05, 0) is 36.4 Å². The number of nitrogens with zero attached hydrogens (tertiary/aromatic N) is 1. The molecule has 0 unspecified atom stereocenters. The minimum atomic E-state index is 0.461. The van der Waals surface area contributed by atoms with Gasteiger partial charge in [-0.25, -0.2) is 0 Å². The zero-order valence-electron chi connectivity index (χ0n) is 10.5. The molecule has 5 nitrogen and oxygen atoms in total. The number of anilines is 4. The molecule has 0 saturated heterocycles. The fraction of sp³-hybridized carbons (Fsp3) is 0.0714. The lowest BCUT2D eigenvalue weighted by Gasteiger charge is -2.20. The second-order valence-corrected chi connectivity index (χ2v) is 3.99. The van der Waals surface area contributed by atoms with Gasteiger partial charge in [0.05, 0.1) is 18.5 Å². The highest BCUT2D eigenvalue weighted by Crippen LogP contribution is 2.32. The van der Waals surface area contributed by atoms with E-state index >= 15 is 0 Å². The normalized spacial score (nSPS) is 9.95. The molecule has 1 amide bonds. The highest BCUT2D eigenvalue weighted by atomic mass is 16.5. The van der Waals surface area contributed by atoms with Gasteiger partial charge in [0.1, 0.15) is 5.75 Å². The average molecular weight is 257 g/mol. The number of hydrogen-bond acceptors (Lipinski definition) is 4. The summed E-state index contributed by atoms with van der Waals surface area (Å²) in [7, 11) is 1.56. The molecule has 0 bridgehead atoms. The van der Waals surface area contributed by atoms with Crippen molar-refractivity contribution in [3.05, 3.63) is 42.5 Å². The third-order valence-electron chi connectivity index (χ3n) is 2.77. The summed E-state index contributed by atoms with van der Waals surface area (Å²) in [4.78, 5) is 12.8. The van der Waals surface area contributed by atoms with E-state index in [1.807, 2.05) is 0 Å². The minimum absolute atomic E-state index is 0.461. The number of amides is 1. The Balaban J connectivity index is 2.42. The molecular weight excluding hydrogens is 242 g/mol. The number of hydrogen-bond donors (Lipinski definition) is 2. The standard InChI is InChI=1S/C14H15N3O2/c1-19-12-6-7-14(13(16)8-12)17(9-18)11-4-2-10(15)3-5-11/h2-9H,15-16H2,1H3. The van der Waals surface area contributed by atoms with Gasteiger partial charge in [-0.1, -0.05) is 0 Å². The van der Waals surface area contributed by atoms with Crippen LogP contribution in [0.15, 0.2) is 42.5 Å². The maximum Gasteiger partial charge on any atom is 0.218 e. The zero-order valence-corrected chi connectivity index (χ0v) is 10.5. The van der Waals surface area contributed by atoms with Gasteiger partial charge < -0.3 is 16.2 Å². The zero-order chi connectivity index (χ0) is 13.8. The quantitative estimate of drug-likeness (QED) is 0.649. The second kappa shape index (κ2) is 5.30. The lowest BCUT2D eigenvalue weighted by Crippen LogP contribution is -2.15. The van der Waals surface area contributed by atoms with Crippen molar-refractivity contribution in [2.24, 2.45) is 0 Å². The number of nitrogen functional groups attached to an aromatic ring is 2. The van der Waals surface area contributed by atoms with E-state index in [0.717, 1.165) is 0 Å². The highest BCUT2D eigenvalue weighted by Gasteiger charge is 2.12. The van der Waals surface area contributed by atoms with Crippen LogP contribution < -0.4 is 21.1 Å². The Morgan fingerprint density at radius 2 is 1.79 bits per heavy atom. The van der Waals surface area contributed by atoms with E-state index in [2.05, 4.69) is 0 Å². The second-order valence-electron chi connectivity index (χ2n) is 3.99. The smallest absolute Gasteiger partial charge is 0.218 e. The van der Waals surface area contributed by atoms with Crippen LogP contribution in [0.2, 0.25) is 0 Å². The molecule has 0 radical (unpaired) electrons. The van der Waals surface area contributed by atoms with E-state index in [1.165, 1.54) is 4.90 Å². The van der Waals surface area contributed by atoms with E-state index < -0.39 is 0 Å². The molecule has 5 heteroatoms. The summed E-state index contributed by atoms with van der Waals surface area (Å²) >= 11 is 0. The first-order valence-corrected chi connectivity index (χ1v) is 5.69. The molecule has 0 aliphatic heterocycles. The van der Waals surface area contributed by atoms with Crippen molar-refractivity contribution in [3.63, 3.8) is 0 Å². The Hall–Kier alpha value is -2.69. The Kier molecular flexibility index (Phi) is 3.56. The number of benzene rings is 2. The van der Waals surface area contributed by atoms with Crippen LogP contribution in [0.1, 0.15) is 0 Å². The predicted octanol–water partition coefficient (Wildman–Crippen LogP) is 2.15. The fourth-order valence-corrected chi connectivity index (χ4v) is 1.77. The first-order valence-electron chi connectivity index (χ1n) is 5.69. The van der Waals surface area contributed by atoms with E-state index in [4.69, 9.17) is 16.2 Å². The van der Waals surface area contributed by atoms with Crippen LogP contribution in [0.3, 0.4) is 0 Å². The van der Waals surface area contributed by atoms with E-state index in [9.17, 15) is 4.79 Å². The summed E-state index contributed by atoms with van der Waals surface area (Å²) in [5.41, 5.74) is 14.0. The summed E-state index contributed by atoms with van der Waals surface area (Å²) in [5.74, 6) is 0.643. The van der Waals surface area contributed by atoms with Crippen molar-refractivity contribution in [2.75, 3.05) is 23.5 Å². The van der Waals surface area contributed by atoms with Crippen LogP contribution in [-0.2, 0) is 4.79 Å². The molecule has 2 aromatic rings.